The van der Waals surface area contributed by atoms with Gasteiger partial charge in [0.1, 0.15) is 35.3 Å². The fraction of sp³-hybridized carbons (Fsp3) is 0.364. The van der Waals surface area contributed by atoms with Crippen molar-refractivity contribution in [2.45, 2.75) is 49.6 Å². The Hall–Kier alpha value is -4.64. The van der Waals surface area contributed by atoms with Crippen molar-refractivity contribution in [1.82, 2.24) is 29.8 Å². The number of alkyl halides is 6. The minimum absolute atomic E-state index is 0.104. The van der Waals surface area contributed by atoms with E-state index in [0.717, 1.165) is 17.6 Å². The van der Waals surface area contributed by atoms with Crippen molar-refractivity contribution in [3.05, 3.63) is 53.2 Å². The maximum Gasteiger partial charge on any atom is 0.421 e. The Kier molecular flexibility index (Phi) is 5.91. The lowest BCUT2D eigenvalue weighted by atomic mass is 10.2. The van der Waals surface area contributed by atoms with Crippen LogP contribution in [0.1, 0.15) is 41.9 Å². The molecule has 2 atom stereocenters. The van der Waals surface area contributed by atoms with Gasteiger partial charge in [-0.25, -0.2) is 9.97 Å². The van der Waals surface area contributed by atoms with Crippen molar-refractivity contribution in [1.29, 1.82) is 5.41 Å². The van der Waals surface area contributed by atoms with Crippen molar-refractivity contribution in [2.24, 2.45) is 0 Å². The van der Waals surface area contributed by atoms with E-state index in [2.05, 4.69) is 41.0 Å². The largest absolute Gasteiger partial charge is 0.421 e. The average Bonchev–Trinajstić information content (AvgIpc) is 3.75. The van der Waals surface area contributed by atoms with E-state index >= 15 is 0 Å². The van der Waals surface area contributed by atoms with Crippen LogP contribution in [0.15, 0.2) is 40.0 Å². The standard InChI is InChI=1S/C22H18F6N10O2/c23-21(24,25)12-6-30-19(35-17(12)32-9-1-2-9)34-16-11(8-39-37-16)10-5-14(10)33-18-13(22(26,27)28)7-31-20(36-18)38-15(29)3-4-40-38/h3-4,6-10,14,29H,1-2,5H2,(H,31,33,36)(H2,30,32,34,35,37). The summed E-state index contributed by atoms with van der Waals surface area (Å²) < 4.78 is 92.1. The van der Waals surface area contributed by atoms with Crippen LogP contribution in [0.5, 0.6) is 0 Å². The highest BCUT2D eigenvalue weighted by atomic mass is 19.4. The molecular weight excluding hydrogens is 550 g/mol. The first-order valence-corrected chi connectivity index (χ1v) is 11.8. The Bertz CT molecular complexity index is 1610. The summed E-state index contributed by atoms with van der Waals surface area (Å²) in [6.07, 6.45) is -3.91. The van der Waals surface area contributed by atoms with E-state index in [1.54, 1.807) is 0 Å². The van der Waals surface area contributed by atoms with Gasteiger partial charge >= 0.3 is 12.4 Å². The molecule has 0 radical (unpaired) electrons. The first-order chi connectivity index (χ1) is 19.0. The third-order valence-corrected chi connectivity index (χ3v) is 6.23. The molecular formula is C22H18F6N10O2. The lowest BCUT2D eigenvalue weighted by Crippen LogP contribution is -2.20. The molecule has 0 aliphatic heterocycles. The molecule has 4 heterocycles. The van der Waals surface area contributed by atoms with Gasteiger partial charge in [-0.15, -0.1) is 4.74 Å². The number of hydrogen-bond acceptors (Lipinski definition) is 11. The summed E-state index contributed by atoms with van der Waals surface area (Å²) in [7, 11) is 0. The molecule has 2 unspecified atom stereocenters. The normalized spacial score (nSPS) is 18.9. The van der Waals surface area contributed by atoms with Gasteiger partial charge in [0, 0.05) is 42.0 Å². The van der Waals surface area contributed by atoms with Gasteiger partial charge in [0.2, 0.25) is 5.95 Å². The summed E-state index contributed by atoms with van der Waals surface area (Å²) in [4.78, 5) is 15.3. The summed E-state index contributed by atoms with van der Waals surface area (Å²) in [6, 6.07) is 0.644. The highest BCUT2D eigenvalue weighted by molar-refractivity contribution is 5.59. The number of halogens is 6. The zero-order chi connectivity index (χ0) is 28.2. The van der Waals surface area contributed by atoms with E-state index in [0.29, 0.717) is 24.4 Å². The minimum atomic E-state index is -4.76. The van der Waals surface area contributed by atoms with Crippen LogP contribution in [0.2, 0.25) is 0 Å². The van der Waals surface area contributed by atoms with Gasteiger partial charge in [-0.05, 0) is 19.3 Å². The highest BCUT2D eigenvalue weighted by Gasteiger charge is 2.44. The first-order valence-electron chi connectivity index (χ1n) is 11.8. The van der Waals surface area contributed by atoms with Crippen molar-refractivity contribution in [2.75, 3.05) is 16.0 Å². The molecule has 0 spiro atoms. The van der Waals surface area contributed by atoms with Crippen LogP contribution in [0.25, 0.3) is 5.95 Å². The predicted molar refractivity (Wildman–Crippen MR) is 123 cm³/mol. The summed E-state index contributed by atoms with van der Waals surface area (Å²) in [6.45, 7) is 0. The van der Waals surface area contributed by atoms with Crippen molar-refractivity contribution >= 4 is 23.4 Å². The Balaban J connectivity index is 1.22. The second kappa shape index (κ2) is 9.23. The molecule has 2 saturated carbocycles. The number of anilines is 4. The topological polar surface area (TPSA) is 156 Å². The molecule has 12 nitrogen and oxygen atoms in total. The third-order valence-electron chi connectivity index (χ3n) is 6.23. The first kappa shape index (κ1) is 25.6. The monoisotopic (exact) mass is 568 g/mol. The summed E-state index contributed by atoms with van der Waals surface area (Å²) >= 11 is 0. The fourth-order valence-electron chi connectivity index (χ4n) is 3.99. The quantitative estimate of drug-likeness (QED) is 0.224. The van der Waals surface area contributed by atoms with Crippen LogP contribution >= 0.6 is 0 Å². The third kappa shape index (κ3) is 5.15. The maximum atomic E-state index is 13.7. The fourth-order valence-corrected chi connectivity index (χ4v) is 3.99. The van der Waals surface area contributed by atoms with E-state index in [-0.39, 0.29) is 41.0 Å². The number of hydrogen-bond donors (Lipinski definition) is 4. The number of nitrogens with zero attached hydrogens (tertiary/aromatic N) is 6. The van der Waals surface area contributed by atoms with Crippen LogP contribution in [0.4, 0.5) is 49.7 Å². The molecule has 0 aromatic carbocycles. The second-order valence-electron chi connectivity index (χ2n) is 9.23. The van der Waals surface area contributed by atoms with E-state index in [1.807, 2.05) is 0 Å². The molecule has 4 N–H and O–H groups in total. The summed E-state index contributed by atoms with van der Waals surface area (Å²) in [5.41, 5.74) is -1.84. The molecule has 2 aliphatic carbocycles. The SMILES string of the molecule is N=c1ccon1-c1ncc(C(F)(F)F)c(NC2CC2c2conc2Nc2ncc(C(F)(F)F)c(NC3CC3)n2)n1. The smallest absolute Gasteiger partial charge is 0.378 e. The maximum absolute atomic E-state index is 13.7. The summed E-state index contributed by atoms with van der Waals surface area (Å²) in [5, 5.41) is 19.8. The lowest BCUT2D eigenvalue weighted by molar-refractivity contribution is -0.138. The van der Waals surface area contributed by atoms with Gasteiger partial charge in [-0.3, -0.25) is 5.41 Å². The lowest BCUT2D eigenvalue weighted by Gasteiger charge is -2.14. The summed E-state index contributed by atoms with van der Waals surface area (Å²) in [5.74, 6) is -1.59. The zero-order valence-electron chi connectivity index (χ0n) is 20.0. The van der Waals surface area contributed by atoms with Crippen LogP contribution < -0.4 is 21.4 Å². The molecule has 6 rings (SSSR count). The molecule has 4 aromatic rings. The van der Waals surface area contributed by atoms with Gasteiger partial charge in [0.25, 0.3) is 5.95 Å². The molecule has 18 heteroatoms. The molecule has 2 aliphatic rings. The van der Waals surface area contributed by atoms with E-state index < -0.39 is 35.3 Å². The molecule has 0 amide bonds. The van der Waals surface area contributed by atoms with Crippen LogP contribution in [0, 0.1) is 5.41 Å². The van der Waals surface area contributed by atoms with Crippen LogP contribution in [-0.4, -0.2) is 41.9 Å². The Labute approximate surface area is 219 Å². The molecule has 210 valence electrons. The van der Waals surface area contributed by atoms with Crippen molar-refractivity contribution in [3.8, 4) is 5.95 Å². The number of rotatable bonds is 8. The van der Waals surface area contributed by atoms with E-state index in [1.165, 1.54) is 18.6 Å². The van der Waals surface area contributed by atoms with Gasteiger partial charge in [0.15, 0.2) is 11.3 Å². The Morgan fingerprint density at radius 2 is 1.62 bits per heavy atom. The zero-order valence-corrected chi connectivity index (χ0v) is 20.0. The van der Waals surface area contributed by atoms with Crippen LogP contribution in [0.3, 0.4) is 0 Å². The highest BCUT2D eigenvalue weighted by Crippen LogP contribution is 2.47. The van der Waals surface area contributed by atoms with Crippen LogP contribution in [-0.2, 0) is 12.4 Å². The molecule has 2 fully saturated rings. The van der Waals surface area contributed by atoms with Gasteiger partial charge in [-0.1, -0.05) is 5.16 Å². The molecule has 4 aromatic heterocycles. The number of nitrogens with one attached hydrogen (secondary N) is 4. The second-order valence-corrected chi connectivity index (χ2v) is 9.23. The van der Waals surface area contributed by atoms with Gasteiger partial charge in [0.05, 0.1) is 0 Å². The Morgan fingerprint density at radius 3 is 2.27 bits per heavy atom. The van der Waals surface area contributed by atoms with E-state index in [4.69, 9.17) is 14.5 Å². The van der Waals surface area contributed by atoms with E-state index in [9.17, 15) is 26.3 Å². The van der Waals surface area contributed by atoms with Crippen molar-refractivity contribution in [3.63, 3.8) is 0 Å². The minimum Gasteiger partial charge on any atom is -0.378 e. The average molecular weight is 568 g/mol. The number of aromatic nitrogens is 6. The molecule has 0 bridgehead atoms. The molecule has 0 saturated heterocycles. The van der Waals surface area contributed by atoms with Gasteiger partial charge < -0.3 is 25.0 Å². The predicted octanol–water partition coefficient (Wildman–Crippen LogP) is 4.44. The molecule has 40 heavy (non-hydrogen) atoms. The van der Waals surface area contributed by atoms with Gasteiger partial charge in [-0.2, -0.15) is 36.3 Å². The van der Waals surface area contributed by atoms with Crippen molar-refractivity contribution < 1.29 is 35.4 Å². The Morgan fingerprint density at radius 1 is 0.925 bits per heavy atom.